The van der Waals surface area contributed by atoms with Gasteiger partial charge in [0.25, 0.3) is 5.60 Å². The van der Waals surface area contributed by atoms with Crippen molar-refractivity contribution in [3.05, 3.63) is 35.9 Å². The van der Waals surface area contributed by atoms with Crippen LogP contribution in [0.25, 0.3) is 0 Å². The highest BCUT2D eigenvalue weighted by molar-refractivity contribution is 6.33. The average molecular weight is 468 g/mol. The maximum Gasteiger partial charge on any atom is 0.352 e. The maximum absolute atomic E-state index is 13.1. The average Bonchev–Trinajstić information content (AvgIpc) is 2.76. The lowest BCUT2D eigenvalue weighted by atomic mass is 9.62. The summed E-state index contributed by atoms with van der Waals surface area (Å²) in [5, 5.41) is 40.2. The Hall–Kier alpha value is -2.99. The van der Waals surface area contributed by atoms with Crippen LogP contribution in [0.4, 0.5) is 0 Å². The molecule has 0 heterocycles. The Labute approximate surface area is 189 Å². The molecule has 33 heavy (non-hydrogen) atoms. The summed E-state index contributed by atoms with van der Waals surface area (Å²) >= 11 is 0. The van der Waals surface area contributed by atoms with Gasteiger partial charge in [0.15, 0.2) is 17.3 Å². The van der Waals surface area contributed by atoms with Crippen molar-refractivity contribution in [2.24, 2.45) is 5.41 Å². The lowest BCUT2D eigenvalue weighted by Gasteiger charge is -2.40. The van der Waals surface area contributed by atoms with Crippen molar-refractivity contribution >= 4 is 29.3 Å². The first-order valence-electron chi connectivity index (χ1n) is 9.87. The summed E-state index contributed by atoms with van der Waals surface area (Å²) < 4.78 is 9.97. The topological polar surface area (TPSA) is 185 Å². The van der Waals surface area contributed by atoms with Gasteiger partial charge >= 0.3 is 11.9 Å². The molecule has 1 aromatic carbocycles. The molecule has 0 saturated carbocycles. The Balaban J connectivity index is 3.84. The number of aliphatic hydroxyl groups excluding tert-OH is 3. The van der Waals surface area contributed by atoms with Crippen LogP contribution in [0, 0.1) is 5.41 Å². The number of hydrogen-bond donors (Lipinski definition) is 4. The highest BCUT2D eigenvalue weighted by atomic mass is 16.6. The van der Waals surface area contributed by atoms with E-state index < -0.39 is 71.8 Å². The summed E-state index contributed by atoms with van der Waals surface area (Å²) in [6.45, 7) is 1.03. The van der Waals surface area contributed by atoms with E-state index in [2.05, 4.69) is 0 Å². The zero-order valence-electron chi connectivity index (χ0n) is 18.7. The third-order valence-electron chi connectivity index (χ3n) is 4.62. The van der Waals surface area contributed by atoms with E-state index in [-0.39, 0.29) is 0 Å². The largest absolute Gasteiger partial charge is 0.458 e. The second-order valence-electron chi connectivity index (χ2n) is 8.23. The van der Waals surface area contributed by atoms with Crippen LogP contribution in [-0.2, 0) is 40.1 Å². The fourth-order valence-electron chi connectivity index (χ4n) is 3.13. The summed E-state index contributed by atoms with van der Waals surface area (Å²) in [5.41, 5.74) is -8.75. The standard InChI is InChI=1S/C22H28O11/c1-13(25)17(28)21(15(26)10-23,16(27)11-24)22(31,19(30)33-20(2,3)4)18(29)32-12-14-8-6-5-7-9-14/h5-9,13,23-25,31H,10-12H2,1-4H3. The molecule has 0 bridgehead atoms. The molecular formula is C22H28O11. The first kappa shape index (κ1) is 28.0. The predicted molar refractivity (Wildman–Crippen MR) is 110 cm³/mol. The second-order valence-corrected chi connectivity index (χ2v) is 8.23. The first-order valence-corrected chi connectivity index (χ1v) is 9.87. The zero-order chi connectivity index (χ0) is 25.6. The fraction of sp³-hybridized carbons (Fsp3) is 0.500. The molecule has 0 aliphatic rings. The van der Waals surface area contributed by atoms with E-state index in [0.29, 0.717) is 5.56 Å². The van der Waals surface area contributed by atoms with Crippen LogP contribution in [0.5, 0.6) is 0 Å². The Morgan fingerprint density at radius 2 is 1.39 bits per heavy atom. The molecule has 0 aliphatic carbocycles. The van der Waals surface area contributed by atoms with Crippen molar-refractivity contribution in [1.82, 2.24) is 0 Å². The van der Waals surface area contributed by atoms with Crippen LogP contribution in [-0.4, -0.2) is 80.2 Å². The van der Waals surface area contributed by atoms with Crippen molar-refractivity contribution < 1.29 is 53.9 Å². The number of carbonyl (C=O) groups excluding carboxylic acids is 5. The van der Waals surface area contributed by atoms with Crippen LogP contribution >= 0.6 is 0 Å². The van der Waals surface area contributed by atoms with Gasteiger partial charge in [0.1, 0.15) is 31.5 Å². The van der Waals surface area contributed by atoms with Gasteiger partial charge in [0.2, 0.25) is 5.41 Å². The number of benzene rings is 1. The predicted octanol–water partition coefficient (Wildman–Crippen LogP) is -1.14. The van der Waals surface area contributed by atoms with E-state index in [1.54, 1.807) is 18.2 Å². The van der Waals surface area contributed by atoms with E-state index in [0.717, 1.165) is 6.92 Å². The molecule has 2 unspecified atom stereocenters. The van der Waals surface area contributed by atoms with Crippen LogP contribution in [0.1, 0.15) is 33.3 Å². The molecule has 11 nitrogen and oxygen atoms in total. The van der Waals surface area contributed by atoms with Gasteiger partial charge in [-0.3, -0.25) is 14.4 Å². The summed E-state index contributed by atoms with van der Waals surface area (Å²) in [7, 11) is 0. The minimum Gasteiger partial charge on any atom is -0.458 e. The highest BCUT2D eigenvalue weighted by Gasteiger charge is 2.74. The minimum atomic E-state index is -3.98. The van der Waals surface area contributed by atoms with Gasteiger partial charge in [0.05, 0.1) is 0 Å². The molecule has 0 aromatic heterocycles. The second kappa shape index (κ2) is 10.8. The van der Waals surface area contributed by atoms with Crippen molar-refractivity contribution in [3.63, 3.8) is 0 Å². The monoisotopic (exact) mass is 468 g/mol. The van der Waals surface area contributed by atoms with E-state index in [1.807, 2.05) is 0 Å². The normalized spacial score (nSPS) is 14.5. The van der Waals surface area contributed by atoms with E-state index in [4.69, 9.17) is 9.47 Å². The van der Waals surface area contributed by atoms with Crippen LogP contribution in [0.2, 0.25) is 0 Å². The number of aliphatic hydroxyl groups is 4. The Morgan fingerprint density at radius 3 is 1.79 bits per heavy atom. The quantitative estimate of drug-likeness (QED) is 0.227. The number of hydrogen-bond acceptors (Lipinski definition) is 11. The molecule has 2 atom stereocenters. The zero-order valence-corrected chi connectivity index (χ0v) is 18.7. The molecule has 0 fully saturated rings. The van der Waals surface area contributed by atoms with Crippen LogP contribution in [0.15, 0.2) is 30.3 Å². The first-order chi connectivity index (χ1) is 15.2. The fourth-order valence-corrected chi connectivity index (χ4v) is 3.13. The van der Waals surface area contributed by atoms with Gasteiger partial charge in [0, 0.05) is 0 Å². The molecule has 1 aromatic rings. The Bertz CT molecular complexity index is 883. The molecule has 0 saturated heterocycles. The van der Waals surface area contributed by atoms with Crippen molar-refractivity contribution in [2.75, 3.05) is 13.2 Å². The molecule has 0 spiro atoms. The molecule has 0 radical (unpaired) electrons. The summed E-state index contributed by atoms with van der Waals surface area (Å²) in [4.78, 5) is 64.7. The third-order valence-corrected chi connectivity index (χ3v) is 4.62. The lowest BCUT2D eigenvalue weighted by molar-refractivity contribution is -0.212. The molecule has 182 valence electrons. The molecule has 4 N–H and O–H groups in total. The number of Topliss-reactive ketones (excluding diaryl/α,β-unsaturated/α-hetero) is 3. The molecule has 1 rings (SSSR count). The number of esters is 2. The van der Waals surface area contributed by atoms with Gasteiger partial charge < -0.3 is 29.9 Å². The van der Waals surface area contributed by atoms with Gasteiger partial charge in [-0.1, -0.05) is 30.3 Å². The van der Waals surface area contributed by atoms with Crippen molar-refractivity contribution in [3.8, 4) is 0 Å². The number of ether oxygens (including phenoxy) is 2. The molecule has 11 heteroatoms. The SMILES string of the molecule is CC(O)C(=O)C(C(=O)CO)(C(=O)CO)C(O)(C(=O)OCc1ccccc1)C(=O)OC(C)(C)C. The third kappa shape index (κ3) is 5.50. The van der Waals surface area contributed by atoms with Gasteiger partial charge in [-0.05, 0) is 33.3 Å². The van der Waals surface area contributed by atoms with Gasteiger partial charge in [-0.15, -0.1) is 0 Å². The van der Waals surface area contributed by atoms with Crippen LogP contribution in [0.3, 0.4) is 0 Å². The van der Waals surface area contributed by atoms with E-state index in [9.17, 15) is 44.4 Å². The van der Waals surface area contributed by atoms with Crippen LogP contribution < -0.4 is 0 Å². The number of rotatable bonds is 11. The van der Waals surface area contributed by atoms with Crippen molar-refractivity contribution in [2.45, 2.75) is 51.6 Å². The highest BCUT2D eigenvalue weighted by Crippen LogP contribution is 2.40. The van der Waals surface area contributed by atoms with Gasteiger partial charge in [-0.2, -0.15) is 0 Å². The lowest BCUT2D eigenvalue weighted by Crippen LogP contribution is -2.73. The minimum absolute atomic E-state index is 0.381. The molecule has 0 amide bonds. The van der Waals surface area contributed by atoms with Crippen molar-refractivity contribution in [1.29, 1.82) is 0 Å². The molecule has 0 aliphatic heterocycles. The number of ketones is 3. The maximum atomic E-state index is 13.1. The smallest absolute Gasteiger partial charge is 0.352 e. The van der Waals surface area contributed by atoms with E-state index >= 15 is 0 Å². The summed E-state index contributed by atoms with van der Waals surface area (Å²) in [5.74, 6) is -9.32. The Morgan fingerprint density at radius 1 is 0.909 bits per heavy atom. The van der Waals surface area contributed by atoms with E-state index in [1.165, 1.54) is 32.9 Å². The number of carbonyl (C=O) groups is 5. The Kier molecular flexibility index (Phi) is 9.14. The van der Waals surface area contributed by atoms with Gasteiger partial charge in [-0.25, -0.2) is 9.59 Å². The summed E-state index contributed by atoms with van der Waals surface area (Å²) in [6, 6.07) is 7.89. The summed E-state index contributed by atoms with van der Waals surface area (Å²) in [6.07, 6.45) is -2.19. The molecular weight excluding hydrogens is 440 g/mol.